The van der Waals surface area contributed by atoms with Gasteiger partial charge in [-0.3, -0.25) is 9.59 Å². The average molecular weight is 254 g/mol. The van der Waals surface area contributed by atoms with E-state index in [0.717, 1.165) is 19.3 Å². The summed E-state index contributed by atoms with van der Waals surface area (Å²) in [6, 6.07) is 0.416. The Balaban J connectivity index is 2.25. The van der Waals surface area contributed by atoms with Gasteiger partial charge in [0.25, 0.3) is 0 Å². The van der Waals surface area contributed by atoms with Crippen molar-refractivity contribution in [1.82, 2.24) is 10.6 Å². The van der Waals surface area contributed by atoms with E-state index in [1.807, 2.05) is 13.8 Å². The van der Waals surface area contributed by atoms with E-state index in [0.29, 0.717) is 0 Å². The summed E-state index contributed by atoms with van der Waals surface area (Å²) in [5, 5.41) is 5.79. The lowest BCUT2D eigenvalue weighted by molar-refractivity contribution is -0.130. The lowest BCUT2D eigenvalue weighted by Crippen LogP contribution is -2.39. The van der Waals surface area contributed by atoms with Gasteiger partial charge in [0.05, 0.1) is 0 Å². The van der Waals surface area contributed by atoms with Gasteiger partial charge in [0, 0.05) is 12.1 Å². The summed E-state index contributed by atoms with van der Waals surface area (Å²) in [5.74, 6) is -0.307. The molecule has 1 aliphatic carbocycles. The molecule has 0 aliphatic heterocycles. The van der Waals surface area contributed by atoms with Crippen molar-refractivity contribution in [1.29, 1.82) is 0 Å². The zero-order valence-electron chi connectivity index (χ0n) is 11.6. The summed E-state index contributed by atoms with van der Waals surface area (Å²) in [6.07, 6.45) is 7.85. The van der Waals surface area contributed by atoms with E-state index in [-0.39, 0.29) is 30.3 Å². The van der Waals surface area contributed by atoms with Gasteiger partial charge in [0.1, 0.15) is 6.42 Å². The second kappa shape index (κ2) is 8.11. The van der Waals surface area contributed by atoms with Gasteiger partial charge in [-0.1, -0.05) is 32.6 Å². The largest absolute Gasteiger partial charge is 0.353 e. The van der Waals surface area contributed by atoms with Crippen LogP contribution in [0.2, 0.25) is 0 Å². The molecule has 104 valence electrons. The number of carbonyl (C=O) groups excluding carboxylic acids is 2. The summed E-state index contributed by atoms with van der Waals surface area (Å²) in [5.41, 5.74) is 0. The van der Waals surface area contributed by atoms with Crippen LogP contribution in [0.3, 0.4) is 0 Å². The number of amides is 2. The SMILES string of the molecule is CCC(C)NC(=O)CC(=O)NC1CCCCCC1. The maximum atomic E-state index is 11.7. The number of hydrogen-bond acceptors (Lipinski definition) is 2. The Morgan fingerprint density at radius 3 is 2.28 bits per heavy atom. The molecule has 1 rings (SSSR count). The minimum Gasteiger partial charge on any atom is -0.353 e. The van der Waals surface area contributed by atoms with E-state index in [1.165, 1.54) is 25.7 Å². The standard InChI is InChI=1S/C14H26N2O2/c1-3-11(2)15-13(17)10-14(18)16-12-8-6-4-5-7-9-12/h11-12H,3-10H2,1-2H3,(H,15,17)(H,16,18). The molecular formula is C14H26N2O2. The fraction of sp³-hybridized carbons (Fsp3) is 0.857. The van der Waals surface area contributed by atoms with E-state index in [4.69, 9.17) is 0 Å². The van der Waals surface area contributed by atoms with E-state index < -0.39 is 0 Å². The lowest BCUT2D eigenvalue weighted by Gasteiger charge is -2.16. The lowest BCUT2D eigenvalue weighted by atomic mass is 10.1. The molecule has 0 aromatic carbocycles. The molecule has 4 heteroatoms. The summed E-state index contributed by atoms with van der Waals surface area (Å²) < 4.78 is 0. The Kier molecular flexibility index (Phi) is 6.76. The van der Waals surface area contributed by atoms with E-state index in [1.54, 1.807) is 0 Å². The summed E-state index contributed by atoms with van der Waals surface area (Å²) in [4.78, 5) is 23.3. The van der Waals surface area contributed by atoms with Crippen molar-refractivity contribution in [2.45, 2.75) is 77.3 Å². The first-order valence-corrected chi connectivity index (χ1v) is 7.20. The topological polar surface area (TPSA) is 58.2 Å². The normalized spacial score (nSPS) is 18.8. The Bertz CT molecular complexity index is 271. The molecule has 0 aromatic rings. The van der Waals surface area contributed by atoms with Crippen LogP contribution in [0.4, 0.5) is 0 Å². The molecule has 4 nitrogen and oxygen atoms in total. The van der Waals surface area contributed by atoms with Gasteiger partial charge in [-0.05, 0) is 26.2 Å². The minimum atomic E-state index is -0.171. The summed E-state index contributed by atoms with van der Waals surface area (Å²) >= 11 is 0. The van der Waals surface area contributed by atoms with Gasteiger partial charge in [-0.25, -0.2) is 0 Å². The maximum Gasteiger partial charge on any atom is 0.229 e. The Morgan fingerprint density at radius 1 is 1.11 bits per heavy atom. The third kappa shape index (κ3) is 6.03. The van der Waals surface area contributed by atoms with E-state index in [9.17, 15) is 9.59 Å². The second-order valence-corrected chi connectivity index (χ2v) is 5.31. The van der Waals surface area contributed by atoms with Gasteiger partial charge in [-0.15, -0.1) is 0 Å². The zero-order valence-corrected chi connectivity index (χ0v) is 11.6. The van der Waals surface area contributed by atoms with Crippen molar-refractivity contribution in [2.24, 2.45) is 0 Å². The average Bonchev–Trinajstić information content (AvgIpc) is 2.57. The van der Waals surface area contributed by atoms with Crippen LogP contribution in [-0.2, 0) is 9.59 Å². The Hall–Kier alpha value is -1.06. The molecule has 0 radical (unpaired) electrons. The fourth-order valence-electron chi connectivity index (χ4n) is 2.28. The molecule has 0 spiro atoms. The number of carbonyl (C=O) groups is 2. The Labute approximate surface area is 110 Å². The van der Waals surface area contributed by atoms with Crippen molar-refractivity contribution < 1.29 is 9.59 Å². The molecule has 1 saturated carbocycles. The van der Waals surface area contributed by atoms with Crippen molar-refractivity contribution in [3.8, 4) is 0 Å². The van der Waals surface area contributed by atoms with E-state index >= 15 is 0 Å². The quantitative estimate of drug-likeness (QED) is 0.583. The molecule has 2 amide bonds. The predicted molar refractivity (Wildman–Crippen MR) is 72.1 cm³/mol. The van der Waals surface area contributed by atoms with Crippen LogP contribution in [0.1, 0.15) is 65.2 Å². The van der Waals surface area contributed by atoms with Crippen molar-refractivity contribution in [3.05, 3.63) is 0 Å². The fourth-order valence-corrected chi connectivity index (χ4v) is 2.28. The van der Waals surface area contributed by atoms with Crippen LogP contribution in [0.25, 0.3) is 0 Å². The van der Waals surface area contributed by atoms with E-state index in [2.05, 4.69) is 10.6 Å². The first kappa shape index (κ1) is 15.0. The highest BCUT2D eigenvalue weighted by atomic mass is 16.2. The third-order valence-electron chi connectivity index (χ3n) is 3.56. The van der Waals surface area contributed by atoms with Gasteiger partial charge in [0.15, 0.2) is 0 Å². The van der Waals surface area contributed by atoms with Crippen LogP contribution in [-0.4, -0.2) is 23.9 Å². The molecule has 1 fully saturated rings. The first-order valence-electron chi connectivity index (χ1n) is 7.20. The van der Waals surface area contributed by atoms with Gasteiger partial charge < -0.3 is 10.6 Å². The molecule has 0 saturated heterocycles. The van der Waals surface area contributed by atoms with Crippen LogP contribution in [0.15, 0.2) is 0 Å². The van der Waals surface area contributed by atoms with Gasteiger partial charge in [-0.2, -0.15) is 0 Å². The Morgan fingerprint density at radius 2 is 1.72 bits per heavy atom. The summed E-state index contributed by atoms with van der Waals surface area (Å²) in [7, 11) is 0. The number of nitrogens with one attached hydrogen (secondary N) is 2. The smallest absolute Gasteiger partial charge is 0.229 e. The minimum absolute atomic E-state index is 0.0408. The molecule has 1 atom stereocenters. The second-order valence-electron chi connectivity index (χ2n) is 5.31. The molecule has 1 aliphatic rings. The third-order valence-corrected chi connectivity index (χ3v) is 3.56. The molecular weight excluding hydrogens is 228 g/mol. The predicted octanol–water partition coefficient (Wildman–Crippen LogP) is 2.13. The number of hydrogen-bond donors (Lipinski definition) is 2. The monoisotopic (exact) mass is 254 g/mol. The molecule has 0 bridgehead atoms. The molecule has 0 aromatic heterocycles. The van der Waals surface area contributed by atoms with Crippen LogP contribution in [0.5, 0.6) is 0 Å². The highest BCUT2D eigenvalue weighted by molar-refractivity contribution is 5.97. The first-order chi connectivity index (χ1) is 8.61. The van der Waals surface area contributed by atoms with Crippen LogP contribution in [0, 0.1) is 0 Å². The van der Waals surface area contributed by atoms with Crippen LogP contribution >= 0.6 is 0 Å². The zero-order chi connectivity index (χ0) is 13.4. The molecule has 18 heavy (non-hydrogen) atoms. The van der Waals surface area contributed by atoms with Crippen molar-refractivity contribution in [3.63, 3.8) is 0 Å². The summed E-state index contributed by atoms with van der Waals surface area (Å²) in [6.45, 7) is 3.96. The maximum absolute atomic E-state index is 11.7. The van der Waals surface area contributed by atoms with Crippen molar-refractivity contribution in [2.75, 3.05) is 0 Å². The molecule has 0 heterocycles. The van der Waals surface area contributed by atoms with Crippen molar-refractivity contribution >= 4 is 11.8 Å². The number of rotatable bonds is 5. The van der Waals surface area contributed by atoms with Gasteiger partial charge in [0.2, 0.25) is 11.8 Å². The highest BCUT2D eigenvalue weighted by Crippen LogP contribution is 2.17. The highest BCUT2D eigenvalue weighted by Gasteiger charge is 2.17. The van der Waals surface area contributed by atoms with Crippen LogP contribution < -0.4 is 10.6 Å². The van der Waals surface area contributed by atoms with Gasteiger partial charge >= 0.3 is 0 Å². The molecule has 2 N–H and O–H groups in total. The molecule has 1 unspecified atom stereocenters.